The molecule has 11 heteroatoms. The third-order valence-electron chi connectivity index (χ3n) is 7.56. The van der Waals surface area contributed by atoms with Crippen molar-refractivity contribution in [3.8, 4) is 0 Å². The van der Waals surface area contributed by atoms with Crippen molar-refractivity contribution >= 4 is 30.5 Å². The first-order valence-electron chi connectivity index (χ1n) is 13.4. The van der Waals surface area contributed by atoms with Crippen LogP contribution >= 0.6 is 0 Å². The van der Waals surface area contributed by atoms with E-state index in [0.717, 1.165) is 31.1 Å². The maximum Gasteiger partial charge on any atom is 0.498 e. The molecule has 0 spiro atoms. The van der Waals surface area contributed by atoms with E-state index in [1.165, 1.54) is 0 Å². The van der Waals surface area contributed by atoms with E-state index in [4.69, 9.17) is 24.0 Å². The molecule has 3 aliphatic rings. The molecule has 0 unspecified atom stereocenters. The Balaban J connectivity index is 1.41. The fourth-order valence-electron chi connectivity index (χ4n) is 4.74. The van der Waals surface area contributed by atoms with Gasteiger partial charge in [-0.2, -0.15) is 0 Å². The van der Waals surface area contributed by atoms with E-state index in [0.29, 0.717) is 25.1 Å². The van der Waals surface area contributed by atoms with Crippen molar-refractivity contribution in [3.63, 3.8) is 0 Å². The molecule has 10 nitrogen and oxygen atoms in total. The summed E-state index contributed by atoms with van der Waals surface area (Å²) in [5.74, 6) is 0.560. The van der Waals surface area contributed by atoms with Gasteiger partial charge in [0.1, 0.15) is 11.6 Å². The summed E-state index contributed by atoms with van der Waals surface area (Å²) >= 11 is 0. The Hall–Kier alpha value is -2.40. The maximum atomic E-state index is 13.2. The first-order chi connectivity index (χ1) is 17.2. The molecule has 3 fully saturated rings. The number of rotatable bonds is 6. The molecule has 1 aromatic rings. The molecule has 0 aromatic carbocycles. The van der Waals surface area contributed by atoms with Crippen LogP contribution in [0.1, 0.15) is 81.1 Å². The minimum atomic E-state index is -0.668. The Labute approximate surface area is 221 Å². The molecule has 0 radical (unpaired) electrons. The lowest BCUT2D eigenvalue weighted by Crippen LogP contribution is -2.55. The molecule has 1 aromatic heterocycles. The normalized spacial score (nSPS) is 23.9. The molecule has 4 rings (SSSR count). The average Bonchev–Trinajstić information content (AvgIpc) is 3.59. The molecule has 37 heavy (non-hydrogen) atoms. The lowest BCUT2D eigenvalue weighted by Gasteiger charge is -2.40. The van der Waals surface area contributed by atoms with Crippen molar-refractivity contribution < 1.29 is 23.6 Å². The molecule has 3 heterocycles. The van der Waals surface area contributed by atoms with Crippen molar-refractivity contribution in [3.05, 3.63) is 12.4 Å². The van der Waals surface area contributed by atoms with Gasteiger partial charge in [0.05, 0.1) is 11.2 Å². The maximum absolute atomic E-state index is 13.2. The lowest BCUT2D eigenvalue weighted by molar-refractivity contribution is -0.134. The van der Waals surface area contributed by atoms with Crippen molar-refractivity contribution in [1.29, 1.82) is 0 Å². The number of amides is 2. The quantitative estimate of drug-likeness (QED) is 0.577. The predicted molar refractivity (Wildman–Crippen MR) is 142 cm³/mol. The highest BCUT2D eigenvalue weighted by Crippen LogP contribution is 2.37. The number of ether oxygens (including phenoxy) is 1. The van der Waals surface area contributed by atoms with Crippen LogP contribution in [0.3, 0.4) is 0 Å². The van der Waals surface area contributed by atoms with Gasteiger partial charge in [0.15, 0.2) is 0 Å². The second-order valence-electron chi connectivity index (χ2n) is 12.5. The second-order valence-corrected chi connectivity index (χ2v) is 12.5. The number of hydrogen-bond acceptors (Lipinski definition) is 8. The molecule has 2 saturated heterocycles. The van der Waals surface area contributed by atoms with E-state index in [1.54, 1.807) is 40.1 Å². The molecule has 2 amide bonds. The smallest absolute Gasteiger partial charge is 0.444 e. The van der Waals surface area contributed by atoms with E-state index in [2.05, 4.69) is 10.2 Å². The monoisotopic (exact) mass is 515 g/mol. The summed E-state index contributed by atoms with van der Waals surface area (Å²) in [6.45, 7) is 16.4. The number of aromatic nitrogens is 2. The fourth-order valence-corrected chi connectivity index (χ4v) is 4.74. The minimum absolute atomic E-state index is 0.108. The zero-order valence-corrected chi connectivity index (χ0v) is 23.5. The standard InChI is InChI=1S/C26H42BN5O5/c1-17(30-23(34)35-24(2,3)4)21(33)31-13-9-10-20(16-31)32(19-11-12-19)22-28-14-18(15-29-22)27-36-25(5,6)26(7,8)37-27/h14-15,17,19-20H,9-13,16H2,1-8H3,(H,30,34)/t17-,20+/m1/s1. The average molecular weight is 515 g/mol. The van der Waals surface area contributed by atoms with Crippen LogP contribution in [0.2, 0.25) is 0 Å². The van der Waals surface area contributed by atoms with E-state index < -0.39 is 36.1 Å². The summed E-state index contributed by atoms with van der Waals surface area (Å²) in [5.41, 5.74) is -0.680. The highest BCUT2D eigenvalue weighted by atomic mass is 16.7. The molecule has 1 aliphatic carbocycles. The van der Waals surface area contributed by atoms with Gasteiger partial charge in [0.2, 0.25) is 11.9 Å². The molecule has 1 N–H and O–H groups in total. The highest BCUT2D eigenvalue weighted by molar-refractivity contribution is 6.61. The Kier molecular flexibility index (Phi) is 7.51. The van der Waals surface area contributed by atoms with Crippen molar-refractivity contribution in [2.24, 2.45) is 0 Å². The van der Waals surface area contributed by atoms with Crippen LogP contribution in [0, 0.1) is 0 Å². The number of nitrogens with zero attached hydrogens (tertiary/aromatic N) is 4. The van der Waals surface area contributed by atoms with Crippen LogP contribution < -0.4 is 15.7 Å². The van der Waals surface area contributed by atoms with Crippen LogP contribution in [0.5, 0.6) is 0 Å². The summed E-state index contributed by atoms with van der Waals surface area (Å²) in [5, 5.41) is 2.67. The van der Waals surface area contributed by atoms with Crippen LogP contribution in [-0.2, 0) is 18.8 Å². The molecule has 1 saturated carbocycles. The first-order valence-corrected chi connectivity index (χ1v) is 13.4. The number of carbonyl (C=O) groups excluding carboxylic acids is 2. The Morgan fingerprint density at radius 2 is 1.70 bits per heavy atom. The van der Waals surface area contributed by atoms with Gasteiger partial charge >= 0.3 is 13.2 Å². The number of carbonyl (C=O) groups is 2. The topological polar surface area (TPSA) is 106 Å². The third kappa shape index (κ3) is 6.37. The van der Waals surface area contributed by atoms with Gasteiger partial charge in [-0.25, -0.2) is 14.8 Å². The second kappa shape index (κ2) is 10.1. The summed E-state index contributed by atoms with van der Waals surface area (Å²) in [7, 11) is -0.504. The zero-order chi connectivity index (χ0) is 27.2. The third-order valence-corrected chi connectivity index (χ3v) is 7.56. The van der Waals surface area contributed by atoms with Crippen LogP contribution in [0.15, 0.2) is 12.4 Å². The molecular weight excluding hydrogens is 473 g/mol. The first kappa shape index (κ1) is 27.6. The van der Waals surface area contributed by atoms with Crippen LogP contribution in [0.25, 0.3) is 0 Å². The number of alkyl carbamates (subject to hydrolysis) is 1. The largest absolute Gasteiger partial charge is 0.498 e. The van der Waals surface area contributed by atoms with Gasteiger partial charge in [-0.3, -0.25) is 4.79 Å². The minimum Gasteiger partial charge on any atom is -0.444 e. The Bertz CT molecular complexity index is 976. The SMILES string of the molecule is C[C@@H](NC(=O)OC(C)(C)C)C(=O)N1CCC[C@H](N(c2ncc(B3OC(C)(C)C(C)(C)O3)cn2)C2CC2)C1. The summed E-state index contributed by atoms with van der Waals surface area (Å²) in [6.07, 6.45) is 7.00. The van der Waals surface area contributed by atoms with Gasteiger partial charge in [0, 0.05) is 43.0 Å². The molecule has 0 bridgehead atoms. The number of likely N-dealkylation sites (tertiary alicyclic amines) is 1. The highest BCUT2D eigenvalue weighted by Gasteiger charge is 2.52. The van der Waals surface area contributed by atoms with E-state index in [-0.39, 0.29) is 11.9 Å². The van der Waals surface area contributed by atoms with Gasteiger partial charge in [-0.15, -0.1) is 0 Å². The van der Waals surface area contributed by atoms with E-state index in [1.807, 2.05) is 32.6 Å². The summed E-state index contributed by atoms with van der Waals surface area (Å²) in [4.78, 5) is 38.9. The Morgan fingerprint density at radius 3 is 2.24 bits per heavy atom. The van der Waals surface area contributed by atoms with E-state index >= 15 is 0 Å². The van der Waals surface area contributed by atoms with Crippen LogP contribution in [0.4, 0.5) is 10.7 Å². The van der Waals surface area contributed by atoms with Crippen molar-refractivity contribution in [1.82, 2.24) is 20.2 Å². The van der Waals surface area contributed by atoms with E-state index in [9.17, 15) is 9.59 Å². The number of anilines is 1. The van der Waals surface area contributed by atoms with Gasteiger partial charge in [0.25, 0.3) is 0 Å². The number of hydrogen-bond donors (Lipinski definition) is 1. The molecule has 2 atom stereocenters. The van der Waals surface area contributed by atoms with Crippen molar-refractivity contribution in [2.45, 2.75) is 116 Å². The van der Waals surface area contributed by atoms with Gasteiger partial charge < -0.3 is 29.2 Å². The zero-order valence-electron chi connectivity index (χ0n) is 23.5. The lowest BCUT2D eigenvalue weighted by atomic mass is 9.81. The number of piperidine rings is 1. The van der Waals surface area contributed by atoms with Crippen molar-refractivity contribution in [2.75, 3.05) is 18.0 Å². The summed E-state index contributed by atoms with van der Waals surface area (Å²) in [6, 6.07) is -0.180. The Morgan fingerprint density at radius 1 is 1.11 bits per heavy atom. The molecular formula is C26H42BN5O5. The fraction of sp³-hybridized carbons (Fsp3) is 0.769. The summed E-state index contributed by atoms with van der Waals surface area (Å²) < 4.78 is 17.6. The van der Waals surface area contributed by atoms with Crippen LogP contribution in [-0.4, -0.2) is 82.0 Å². The van der Waals surface area contributed by atoms with Gasteiger partial charge in [-0.1, -0.05) is 0 Å². The number of nitrogens with one attached hydrogen (secondary N) is 1. The molecule has 2 aliphatic heterocycles. The van der Waals surface area contributed by atoms with Gasteiger partial charge in [-0.05, 0) is 81.1 Å². The predicted octanol–water partition coefficient (Wildman–Crippen LogP) is 2.65. The molecule has 204 valence electrons.